The maximum absolute atomic E-state index is 12.4. The van der Waals surface area contributed by atoms with Gasteiger partial charge < -0.3 is 14.2 Å². The van der Waals surface area contributed by atoms with Gasteiger partial charge in [-0.3, -0.25) is 0 Å². The van der Waals surface area contributed by atoms with E-state index in [4.69, 9.17) is 14.2 Å². The van der Waals surface area contributed by atoms with E-state index in [9.17, 15) is 14.4 Å². The number of esters is 3. The molecule has 4 aromatic carbocycles. The smallest absolute Gasteiger partial charge is 0.338 e. The second-order valence-corrected chi connectivity index (χ2v) is 10.1. The molecular weight excluding hydrogens is 552 g/mol. The van der Waals surface area contributed by atoms with Crippen LogP contribution in [0, 0.1) is 11.8 Å². The van der Waals surface area contributed by atoms with E-state index in [1.807, 2.05) is 42.5 Å². The Hall–Kier alpha value is -5.93. The van der Waals surface area contributed by atoms with Gasteiger partial charge in [0.15, 0.2) is 0 Å². The maximum atomic E-state index is 12.4. The van der Waals surface area contributed by atoms with Crippen LogP contribution in [0.3, 0.4) is 0 Å². The molecule has 0 amide bonds. The molecule has 6 nitrogen and oxygen atoms in total. The van der Waals surface area contributed by atoms with E-state index in [1.54, 1.807) is 69.3 Å². The number of rotatable bonds is 8. The van der Waals surface area contributed by atoms with Gasteiger partial charge in [-0.1, -0.05) is 74.0 Å². The van der Waals surface area contributed by atoms with Crippen molar-refractivity contribution in [3.8, 4) is 51.3 Å². The fourth-order valence-corrected chi connectivity index (χ4v) is 3.78. The number of carbonyl (C=O) groups is 3. The maximum Gasteiger partial charge on any atom is 0.338 e. The first kappa shape index (κ1) is 31.0. The van der Waals surface area contributed by atoms with Crippen molar-refractivity contribution in [2.45, 2.75) is 20.8 Å². The van der Waals surface area contributed by atoms with Crippen molar-refractivity contribution >= 4 is 17.9 Å². The molecule has 0 bridgehead atoms. The first-order valence-corrected chi connectivity index (χ1v) is 13.6. The molecule has 0 aliphatic rings. The Morgan fingerprint density at radius 1 is 0.500 bits per heavy atom. The zero-order chi connectivity index (χ0) is 31.8. The molecule has 0 heterocycles. The molecular formula is C38H30O6. The average molecular weight is 583 g/mol. The summed E-state index contributed by atoms with van der Waals surface area (Å²) in [5.41, 5.74) is 5.71. The van der Waals surface area contributed by atoms with Crippen molar-refractivity contribution in [1.82, 2.24) is 0 Å². The Balaban J connectivity index is 1.55. The molecule has 4 aromatic rings. The monoisotopic (exact) mass is 582 g/mol. The minimum Gasteiger partial charge on any atom is -0.423 e. The Labute approximate surface area is 256 Å². The minimum absolute atomic E-state index is 0.260. The predicted octanol–water partition coefficient (Wildman–Crippen LogP) is 7.86. The third-order valence-electron chi connectivity index (χ3n) is 6.25. The molecule has 0 radical (unpaired) electrons. The van der Waals surface area contributed by atoms with Crippen molar-refractivity contribution in [3.63, 3.8) is 0 Å². The highest BCUT2D eigenvalue weighted by Gasteiger charge is 2.12. The summed E-state index contributed by atoms with van der Waals surface area (Å²) in [6, 6.07) is 27.2. The van der Waals surface area contributed by atoms with Crippen LogP contribution in [0.2, 0.25) is 0 Å². The summed E-state index contributed by atoms with van der Waals surface area (Å²) in [7, 11) is 0. The highest BCUT2D eigenvalue weighted by atomic mass is 16.5. The fourth-order valence-electron chi connectivity index (χ4n) is 3.78. The van der Waals surface area contributed by atoms with E-state index in [0.29, 0.717) is 34.0 Å². The normalized spacial score (nSPS) is 10.1. The van der Waals surface area contributed by atoms with Crippen LogP contribution >= 0.6 is 0 Å². The number of carbonyl (C=O) groups excluding carboxylic acids is 3. The summed E-state index contributed by atoms with van der Waals surface area (Å²) >= 11 is 0. The van der Waals surface area contributed by atoms with Gasteiger partial charge >= 0.3 is 17.9 Å². The van der Waals surface area contributed by atoms with Gasteiger partial charge in [0.2, 0.25) is 0 Å². The van der Waals surface area contributed by atoms with Crippen LogP contribution in [0.4, 0.5) is 0 Å². The van der Waals surface area contributed by atoms with Gasteiger partial charge in [-0.2, -0.15) is 0 Å². The van der Waals surface area contributed by atoms with E-state index >= 15 is 0 Å². The molecule has 0 spiro atoms. The fraction of sp³-hybridized carbons (Fsp3) is 0.0789. The lowest BCUT2D eigenvalue weighted by molar-refractivity contribution is -0.130. The van der Waals surface area contributed by atoms with Crippen molar-refractivity contribution in [1.29, 1.82) is 0 Å². The van der Waals surface area contributed by atoms with Crippen molar-refractivity contribution in [2.24, 2.45) is 0 Å². The van der Waals surface area contributed by atoms with Gasteiger partial charge in [0, 0.05) is 22.3 Å². The Morgan fingerprint density at radius 3 is 1.34 bits per heavy atom. The minimum atomic E-state index is -0.558. The average Bonchev–Trinajstić information content (AvgIpc) is 3.01. The molecule has 0 fully saturated rings. The lowest BCUT2D eigenvalue weighted by Gasteiger charge is -2.10. The molecule has 0 aromatic heterocycles. The van der Waals surface area contributed by atoms with E-state index in [0.717, 1.165) is 27.8 Å². The summed E-state index contributed by atoms with van der Waals surface area (Å²) < 4.78 is 16.1. The molecule has 0 saturated heterocycles. The quantitative estimate of drug-likeness (QED) is 0.0911. The highest BCUT2D eigenvalue weighted by molar-refractivity contribution is 5.90. The van der Waals surface area contributed by atoms with Gasteiger partial charge in [0.1, 0.15) is 17.2 Å². The van der Waals surface area contributed by atoms with Gasteiger partial charge in [0.05, 0.1) is 5.56 Å². The Kier molecular flexibility index (Phi) is 9.74. The van der Waals surface area contributed by atoms with Crippen molar-refractivity contribution in [2.75, 3.05) is 0 Å². The molecule has 0 aliphatic carbocycles. The SMILES string of the molecule is C=C(C)C(=O)Oc1ccc(-c2ccc(C#Cc3ccc(-c4ccc(OC(=O)C(=C)C)cc4)cc3OC(=O)C(=C)C)cc2)cc1. The lowest BCUT2D eigenvalue weighted by Crippen LogP contribution is -2.09. The second kappa shape index (κ2) is 13.8. The number of benzene rings is 4. The van der Waals surface area contributed by atoms with Crippen LogP contribution < -0.4 is 14.2 Å². The first-order valence-electron chi connectivity index (χ1n) is 13.6. The zero-order valence-corrected chi connectivity index (χ0v) is 24.7. The summed E-state index contributed by atoms with van der Waals surface area (Å²) in [5, 5.41) is 0. The molecule has 0 atom stereocenters. The number of hydrogen-bond acceptors (Lipinski definition) is 6. The molecule has 218 valence electrons. The summed E-state index contributed by atoms with van der Waals surface area (Å²) in [6.45, 7) is 15.6. The molecule has 0 N–H and O–H groups in total. The van der Waals surface area contributed by atoms with Crippen LogP contribution in [-0.4, -0.2) is 17.9 Å². The van der Waals surface area contributed by atoms with Crippen LogP contribution in [-0.2, 0) is 14.4 Å². The van der Waals surface area contributed by atoms with Crippen LogP contribution in [0.5, 0.6) is 17.2 Å². The number of ether oxygens (including phenoxy) is 3. The highest BCUT2D eigenvalue weighted by Crippen LogP contribution is 2.29. The van der Waals surface area contributed by atoms with Crippen molar-refractivity contribution < 1.29 is 28.6 Å². The lowest BCUT2D eigenvalue weighted by atomic mass is 10.0. The van der Waals surface area contributed by atoms with Crippen LogP contribution in [0.1, 0.15) is 31.9 Å². The van der Waals surface area contributed by atoms with Gasteiger partial charge in [-0.25, -0.2) is 14.4 Å². The zero-order valence-electron chi connectivity index (χ0n) is 24.7. The summed E-state index contributed by atoms with van der Waals surface area (Å²) in [4.78, 5) is 35.9. The third kappa shape index (κ3) is 8.09. The first-order chi connectivity index (χ1) is 21.0. The van der Waals surface area contributed by atoms with Crippen molar-refractivity contribution in [3.05, 3.63) is 139 Å². The Morgan fingerprint density at radius 2 is 0.886 bits per heavy atom. The molecule has 0 unspecified atom stereocenters. The molecule has 44 heavy (non-hydrogen) atoms. The van der Waals surface area contributed by atoms with E-state index in [-0.39, 0.29) is 5.57 Å². The summed E-state index contributed by atoms with van der Waals surface area (Å²) in [6.07, 6.45) is 0. The van der Waals surface area contributed by atoms with E-state index in [1.165, 1.54) is 0 Å². The summed E-state index contributed by atoms with van der Waals surface area (Å²) in [5.74, 6) is 5.85. The standard InChI is InChI=1S/C38H30O6/c1-24(2)36(39)42-33-19-15-29(16-20-33)28-10-7-27(8-11-28)9-12-31-13-14-32(23-35(31)44-38(41)26(5)6)30-17-21-34(22-18-30)43-37(40)25(3)4/h7-8,10-11,13-23H,1,3,5H2,2,4,6H3. The van der Waals surface area contributed by atoms with Gasteiger partial charge in [-0.15, -0.1) is 0 Å². The largest absolute Gasteiger partial charge is 0.423 e. The van der Waals surface area contributed by atoms with E-state index in [2.05, 4.69) is 31.6 Å². The van der Waals surface area contributed by atoms with Crippen LogP contribution in [0.15, 0.2) is 127 Å². The molecule has 4 rings (SSSR count). The van der Waals surface area contributed by atoms with Gasteiger partial charge in [-0.05, 0) is 91.6 Å². The molecule has 0 saturated carbocycles. The predicted molar refractivity (Wildman–Crippen MR) is 171 cm³/mol. The third-order valence-corrected chi connectivity index (χ3v) is 6.25. The molecule has 0 aliphatic heterocycles. The Bertz CT molecular complexity index is 1830. The second-order valence-electron chi connectivity index (χ2n) is 10.1. The number of hydrogen-bond donors (Lipinski definition) is 0. The van der Waals surface area contributed by atoms with E-state index < -0.39 is 17.9 Å². The van der Waals surface area contributed by atoms with Crippen LogP contribution in [0.25, 0.3) is 22.3 Å². The topological polar surface area (TPSA) is 78.9 Å². The van der Waals surface area contributed by atoms with Gasteiger partial charge in [0.25, 0.3) is 0 Å². The molecule has 6 heteroatoms.